The van der Waals surface area contributed by atoms with E-state index in [0.717, 1.165) is 19.4 Å². The molecule has 0 heterocycles. The summed E-state index contributed by atoms with van der Waals surface area (Å²) in [6.07, 6.45) is 9.94. The van der Waals surface area contributed by atoms with Crippen molar-refractivity contribution in [3.05, 3.63) is 71.8 Å². The highest BCUT2D eigenvalue weighted by Gasteiger charge is 2.44. The van der Waals surface area contributed by atoms with E-state index < -0.39 is 0 Å². The average molecular weight is 454 g/mol. The van der Waals surface area contributed by atoms with Gasteiger partial charge in [-0.25, -0.2) is 0 Å². The Kier molecular flexibility index (Phi) is 12.0. The lowest BCUT2D eigenvalue weighted by Crippen LogP contribution is -2.45. The van der Waals surface area contributed by atoms with Crippen molar-refractivity contribution in [1.82, 2.24) is 5.32 Å². The standard InChI is InChI=1S/C29H43NO3/c1-3-4-5-6-7-8-15-20-31-29-27(33-23-25-18-13-10-14-19-25)21-26(28(29)30-2)32-22-24-16-11-9-12-17-24/h9-14,16-19,26-30H,3-8,15,20-23H2,1-2H3/t26-,27+,28+,29+/m0/s1. The first-order chi connectivity index (χ1) is 16.3. The summed E-state index contributed by atoms with van der Waals surface area (Å²) in [6.45, 7) is 4.26. The molecule has 0 aliphatic heterocycles. The molecule has 1 aliphatic carbocycles. The Morgan fingerprint density at radius 1 is 0.697 bits per heavy atom. The Hall–Kier alpha value is -1.72. The number of ether oxygens (including phenoxy) is 3. The zero-order valence-corrected chi connectivity index (χ0v) is 20.6. The number of unbranched alkanes of at least 4 members (excludes halogenated alkanes) is 6. The summed E-state index contributed by atoms with van der Waals surface area (Å²) < 4.78 is 19.2. The van der Waals surface area contributed by atoms with Crippen LogP contribution in [0.4, 0.5) is 0 Å². The van der Waals surface area contributed by atoms with Crippen LogP contribution in [-0.2, 0) is 27.4 Å². The van der Waals surface area contributed by atoms with E-state index in [1.54, 1.807) is 0 Å². The summed E-state index contributed by atoms with van der Waals surface area (Å²) in [5.41, 5.74) is 2.39. The first-order valence-electron chi connectivity index (χ1n) is 12.9. The molecule has 0 amide bonds. The van der Waals surface area contributed by atoms with E-state index in [4.69, 9.17) is 14.2 Å². The van der Waals surface area contributed by atoms with Gasteiger partial charge in [0, 0.05) is 13.0 Å². The van der Waals surface area contributed by atoms with Crippen molar-refractivity contribution in [2.75, 3.05) is 13.7 Å². The number of likely N-dealkylation sites (N-methyl/N-ethyl adjacent to an activating group) is 1. The van der Waals surface area contributed by atoms with Crippen molar-refractivity contribution in [3.8, 4) is 0 Å². The fourth-order valence-electron chi connectivity index (χ4n) is 4.68. The van der Waals surface area contributed by atoms with Gasteiger partial charge in [0.1, 0.15) is 6.10 Å². The second-order valence-corrected chi connectivity index (χ2v) is 9.18. The van der Waals surface area contributed by atoms with Crippen molar-refractivity contribution in [2.45, 2.75) is 95.9 Å². The van der Waals surface area contributed by atoms with E-state index >= 15 is 0 Å². The fourth-order valence-corrected chi connectivity index (χ4v) is 4.68. The van der Waals surface area contributed by atoms with Gasteiger partial charge in [-0.15, -0.1) is 0 Å². The van der Waals surface area contributed by atoms with Gasteiger partial charge in [-0.1, -0.05) is 106 Å². The minimum atomic E-state index is -0.000392. The van der Waals surface area contributed by atoms with E-state index in [1.807, 2.05) is 19.2 Å². The molecule has 4 nitrogen and oxygen atoms in total. The minimum Gasteiger partial charge on any atom is -0.374 e. The van der Waals surface area contributed by atoms with Gasteiger partial charge >= 0.3 is 0 Å². The molecular weight excluding hydrogens is 410 g/mol. The lowest BCUT2D eigenvalue weighted by atomic mass is 10.1. The number of hydrogen-bond donors (Lipinski definition) is 1. The molecule has 1 fully saturated rings. The van der Waals surface area contributed by atoms with Crippen LogP contribution in [0.3, 0.4) is 0 Å². The Balaban J connectivity index is 1.53. The van der Waals surface area contributed by atoms with E-state index in [9.17, 15) is 0 Å². The third-order valence-corrected chi connectivity index (χ3v) is 6.59. The third kappa shape index (κ3) is 8.86. The van der Waals surface area contributed by atoms with Crippen LogP contribution in [0.2, 0.25) is 0 Å². The third-order valence-electron chi connectivity index (χ3n) is 6.59. The predicted octanol–water partition coefficient (Wildman–Crippen LogP) is 6.28. The maximum atomic E-state index is 6.45. The molecule has 2 aromatic rings. The molecule has 2 aromatic carbocycles. The van der Waals surface area contributed by atoms with Gasteiger partial charge in [-0.05, 0) is 24.6 Å². The summed E-state index contributed by atoms with van der Waals surface area (Å²) in [6, 6.07) is 20.9. The molecule has 1 aliphatic rings. The lowest BCUT2D eigenvalue weighted by molar-refractivity contribution is -0.0715. The van der Waals surface area contributed by atoms with Gasteiger partial charge in [0.2, 0.25) is 0 Å². The van der Waals surface area contributed by atoms with Gasteiger partial charge in [-0.3, -0.25) is 0 Å². The number of hydrogen-bond acceptors (Lipinski definition) is 4. The van der Waals surface area contributed by atoms with E-state index in [0.29, 0.717) is 13.2 Å². The second-order valence-electron chi connectivity index (χ2n) is 9.18. The van der Waals surface area contributed by atoms with Crippen LogP contribution in [0.15, 0.2) is 60.7 Å². The van der Waals surface area contributed by atoms with Crippen molar-refractivity contribution < 1.29 is 14.2 Å². The van der Waals surface area contributed by atoms with Crippen LogP contribution in [-0.4, -0.2) is 38.0 Å². The highest BCUT2D eigenvalue weighted by Crippen LogP contribution is 2.30. The predicted molar refractivity (Wildman–Crippen MR) is 135 cm³/mol. The van der Waals surface area contributed by atoms with Gasteiger partial charge < -0.3 is 19.5 Å². The van der Waals surface area contributed by atoms with Crippen molar-refractivity contribution >= 4 is 0 Å². The van der Waals surface area contributed by atoms with Gasteiger partial charge in [0.15, 0.2) is 0 Å². The summed E-state index contributed by atoms with van der Waals surface area (Å²) in [7, 11) is 2.01. The molecule has 0 bridgehead atoms. The monoisotopic (exact) mass is 453 g/mol. The van der Waals surface area contributed by atoms with Crippen LogP contribution in [0.5, 0.6) is 0 Å². The van der Waals surface area contributed by atoms with Crippen LogP contribution in [0.25, 0.3) is 0 Å². The Morgan fingerprint density at radius 2 is 1.24 bits per heavy atom. The summed E-state index contributed by atoms with van der Waals surface area (Å²) in [5, 5.41) is 3.47. The Labute approximate surface area is 201 Å². The molecule has 4 atom stereocenters. The molecule has 0 radical (unpaired) electrons. The van der Waals surface area contributed by atoms with E-state index in [2.05, 4.69) is 60.8 Å². The Bertz CT molecular complexity index is 739. The lowest BCUT2D eigenvalue weighted by Gasteiger charge is -2.27. The normalized spacial score (nSPS) is 22.6. The molecule has 33 heavy (non-hydrogen) atoms. The van der Waals surface area contributed by atoms with Crippen molar-refractivity contribution in [1.29, 1.82) is 0 Å². The van der Waals surface area contributed by atoms with Crippen LogP contribution in [0.1, 0.15) is 69.4 Å². The molecule has 1 saturated carbocycles. The van der Waals surface area contributed by atoms with Crippen molar-refractivity contribution in [2.24, 2.45) is 0 Å². The van der Waals surface area contributed by atoms with Crippen molar-refractivity contribution in [3.63, 3.8) is 0 Å². The number of nitrogens with one attached hydrogen (secondary N) is 1. The maximum Gasteiger partial charge on any atom is 0.101 e. The molecule has 182 valence electrons. The number of rotatable bonds is 16. The first-order valence-corrected chi connectivity index (χ1v) is 12.9. The highest BCUT2D eigenvalue weighted by atomic mass is 16.6. The van der Waals surface area contributed by atoms with E-state index in [1.165, 1.54) is 49.7 Å². The van der Waals surface area contributed by atoms with Gasteiger partial charge in [0.25, 0.3) is 0 Å². The number of benzene rings is 2. The first kappa shape index (κ1) is 25.9. The molecular formula is C29H43NO3. The fraction of sp³-hybridized carbons (Fsp3) is 0.586. The average Bonchev–Trinajstić information content (AvgIpc) is 3.20. The zero-order valence-electron chi connectivity index (χ0n) is 20.6. The van der Waals surface area contributed by atoms with E-state index in [-0.39, 0.29) is 24.4 Å². The molecule has 4 heteroatoms. The van der Waals surface area contributed by atoms with Gasteiger partial charge in [-0.2, -0.15) is 0 Å². The molecule has 1 N–H and O–H groups in total. The summed E-state index contributed by atoms with van der Waals surface area (Å²) in [4.78, 5) is 0. The Morgan fingerprint density at radius 3 is 1.82 bits per heavy atom. The largest absolute Gasteiger partial charge is 0.374 e. The highest BCUT2D eigenvalue weighted by molar-refractivity contribution is 5.14. The smallest absolute Gasteiger partial charge is 0.101 e. The molecule has 0 saturated heterocycles. The topological polar surface area (TPSA) is 39.7 Å². The van der Waals surface area contributed by atoms with Crippen LogP contribution < -0.4 is 5.32 Å². The summed E-state index contributed by atoms with van der Waals surface area (Å²) in [5.74, 6) is 0. The SMILES string of the molecule is CCCCCCCCCO[C@H]1[C@H](NC)[C@@H](OCc2ccccc2)C[C@H]1OCc1ccccc1. The summed E-state index contributed by atoms with van der Waals surface area (Å²) >= 11 is 0. The quantitative estimate of drug-likeness (QED) is 0.303. The van der Waals surface area contributed by atoms with Crippen LogP contribution in [0, 0.1) is 0 Å². The molecule has 0 spiro atoms. The molecule has 0 aromatic heterocycles. The molecule has 0 unspecified atom stereocenters. The minimum absolute atomic E-state index is 0.000392. The zero-order chi connectivity index (χ0) is 23.1. The van der Waals surface area contributed by atoms with Crippen LogP contribution >= 0.6 is 0 Å². The molecule has 3 rings (SSSR count). The second kappa shape index (κ2) is 15.2. The van der Waals surface area contributed by atoms with Gasteiger partial charge in [0.05, 0.1) is 31.5 Å². The maximum absolute atomic E-state index is 6.45.